The van der Waals surface area contributed by atoms with E-state index in [1.54, 1.807) is 0 Å². The molecule has 0 saturated heterocycles. The SMILES string of the molecule is CC(C)(C)[C]1[CH][CH][C](C(C)(C)C(C)(C)[C]2[CH][CH][C](C(C)(C)C)[CH]2)[CH]1.[Cl][Ti][Cl]. The molecule has 2 fully saturated rings. The van der Waals surface area contributed by atoms with Crippen LogP contribution in [0.5, 0.6) is 0 Å². The van der Waals surface area contributed by atoms with E-state index in [2.05, 4.69) is 108 Å². The first kappa shape index (κ1) is 26.3. The Hall–Kier alpha value is 1.29. The first-order valence-corrected chi connectivity index (χ1v) is 13.9. The first-order valence-electron chi connectivity index (χ1n) is 9.60. The molecule has 0 atom stereocenters. The summed E-state index contributed by atoms with van der Waals surface area (Å²) in [6, 6.07) is 0. The summed E-state index contributed by atoms with van der Waals surface area (Å²) >= 11 is -0.556. The van der Waals surface area contributed by atoms with Crippen molar-refractivity contribution in [3.8, 4) is 0 Å². The Bertz CT molecular complexity index is 414. The van der Waals surface area contributed by atoms with E-state index in [-0.39, 0.29) is 21.7 Å². The third-order valence-corrected chi connectivity index (χ3v) is 6.24. The zero-order valence-electron chi connectivity index (χ0n) is 18.7. The monoisotopic (exact) mass is 442 g/mol. The number of halogens is 2. The summed E-state index contributed by atoms with van der Waals surface area (Å²) in [5.74, 6) is 5.74. The van der Waals surface area contributed by atoms with Crippen molar-refractivity contribution < 1.29 is 17.0 Å². The Morgan fingerprint density at radius 3 is 0.926 bits per heavy atom. The molecule has 2 aliphatic rings. The number of hydrogen-bond acceptors (Lipinski definition) is 0. The fraction of sp³-hybridized carbons (Fsp3) is 0.583. The van der Waals surface area contributed by atoms with Gasteiger partial charge in [0.1, 0.15) is 0 Å². The van der Waals surface area contributed by atoms with Crippen molar-refractivity contribution in [3.63, 3.8) is 0 Å². The van der Waals surface area contributed by atoms with E-state index in [9.17, 15) is 0 Å². The number of rotatable bonds is 3. The minimum atomic E-state index is -0.556. The quantitative estimate of drug-likeness (QED) is 0.387. The fourth-order valence-corrected chi connectivity index (χ4v) is 3.32. The molecule has 27 heavy (non-hydrogen) atoms. The predicted octanol–water partition coefficient (Wildman–Crippen LogP) is 8.06. The van der Waals surface area contributed by atoms with Gasteiger partial charge >= 0.3 is 35.6 Å². The van der Waals surface area contributed by atoms with Gasteiger partial charge in [0.2, 0.25) is 0 Å². The van der Waals surface area contributed by atoms with Gasteiger partial charge in [-0.1, -0.05) is 69.2 Å². The van der Waals surface area contributed by atoms with Crippen LogP contribution < -0.4 is 0 Å². The summed E-state index contributed by atoms with van der Waals surface area (Å²) in [4.78, 5) is 0. The van der Waals surface area contributed by atoms with Gasteiger partial charge in [0.15, 0.2) is 0 Å². The van der Waals surface area contributed by atoms with Crippen LogP contribution in [-0.4, -0.2) is 0 Å². The number of hydrogen-bond donors (Lipinski definition) is 0. The maximum atomic E-state index is 4.89. The molecule has 0 spiro atoms. The van der Waals surface area contributed by atoms with Gasteiger partial charge in [0.25, 0.3) is 0 Å². The molecule has 150 valence electrons. The summed E-state index contributed by atoms with van der Waals surface area (Å²) in [6.45, 7) is 23.3. The fourth-order valence-electron chi connectivity index (χ4n) is 3.32. The van der Waals surface area contributed by atoms with Crippen LogP contribution in [-0.2, 0) is 17.0 Å². The average molecular weight is 443 g/mol. The summed E-state index contributed by atoms with van der Waals surface area (Å²) in [5, 5.41) is 0. The molecule has 0 aliphatic heterocycles. The molecule has 0 amide bonds. The van der Waals surface area contributed by atoms with Crippen molar-refractivity contribution in [1.29, 1.82) is 0 Å². The van der Waals surface area contributed by atoms with Crippen molar-refractivity contribution in [1.82, 2.24) is 0 Å². The third kappa shape index (κ3) is 6.39. The van der Waals surface area contributed by atoms with Gasteiger partial charge in [-0.05, 0) is 83.9 Å². The molecule has 0 aromatic heterocycles. The summed E-state index contributed by atoms with van der Waals surface area (Å²) in [6.07, 6.45) is 14.1. The average Bonchev–Trinajstić information content (AvgIpc) is 3.17. The molecule has 0 unspecified atom stereocenters. The van der Waals surface area contributed by atoms with E-state index >= 15 is 0 Å². The van der Waals surface area contributed by atoms with Crippen LogP contribution >= 0.6 is 18.6 Å². The summed E-state index contributed by atoms with van der Waals surface area (Å²) in [7, 11) is 9.78. The third-order valence-electron chi connectivity index (χ3n) is 6.24. The van der Waals surface area contributed by atoms with E-state index in [0.29, 0.717) is 0 Å². The van der Waals surface area contributed by atoms with E-state index in [0.717, 1.165) is 0 Å². The van der Waals surface area contributed by atoms with Crippen LogP contribution in [0.25, 0.3) is 0 Å². The molecular formula is C24H36Cl2Ti. The molecule has 3 heteroatoms. The molecule has 2 saturated carbocycles. The van der Waals surface area contributed by atoms with E-state index < -0.39 is 17.0 Å². The normalized spacial score (nSPS) is 22.1. The molecule has 2 aliphatic carbocycles. The van der Waals surface area contributed by atoms with E-state index in [1.807, 2.05) is 0 Å². The molecule has 0 heterocycles. The van der Waals surface area contributed by atoms with Gasteiger partial charge < -0.3 is 0 Å². The van der Waals surface area contributed by atoms with E-state index in [1.165, 1.54) is 23.7 Å². The molecule has 10 radical (unpaired) electrons. The molecule has 0 aromatic carbocycles. The zero-order valence-corrected chi connectivity index (χ0v) is 21.8. The van der Waals surface area contributed by atoms with Crippen LogP contribution in [0.1, 0.15) is 69.2 Å². The summed E-state index contributed by atoms with van der Waals surface area (Å²) < 4.78 is 0. The van der Waals surface area contributed by atoms with Crippen LogP contribution in [0.4, 0.5) is 0 Å². The second-order valence-corrected chi connectivity index (χ2v) is 13.2. The maximum absolute atomic E-state index is 4.89. The molecule has 0 aromatic rings. The Balaban J connectivity index is 0.00000114. The minimum absolute atomic E-state index is 0.0695. The van der Waals surface area contributed by atoms with Gasteiger partial charge in [-0.15, -0.1) is 0 Å². The topological polar surface area (TPSA) is 0 Å². The molecular weight excluding hydrogens is 407 g/mol. The van der Waals surface area contributed by atoms with Crippen LogP contribution in [0, 0.1) is 83.9 Å². The Kier molecular flexibility index (Phi) is 9.38. The van der Waals surface area contributed by atoms with Crippen LogP contribution in [0.2, 0.25) is 0 Å². The van der Waals surface area contributed by atoms with Crippen molar-refractivity contribution in [2.75, 3.05) is 0 Å². The standard InChI is InChI=1S/C24H36.2ClH.Ti/c1-21(2,3)17-11-13-19(15-17)23(7,8)24(9,10)20-14-12-18(16-20)22(4,5)6;;;/h11-16H,1-10H3;2*1H;/q;;;+2/p-2. The molecule has 0 nitrogen and oxygen atoms in total. The van der Waals surface area contributed by atoms with Gasteiger partial charge in [0.05, 0.1) is 0 Å². The first-order chi connectivity index (χ1) is 12.1. The molecule has 2 rings (SSSR count). The Morgan fingerprint density at radius 1 is 0.519 bits per heavy atom. The van der Waals surface area contributed by atoms with Crippen molar-refractivity contribution in [2.45, 2.75) is 69.2 Å². The van der Waals surface area contributed by atoms with Gasteiger partial charge in [0, 0.05) is 0 Å². The van der Waals surface area contributed by atoms with Crippen LogP contribution in [0.3, 0.4) is 0 Å². The van der Waals surface area contributed by atoms with Gasteiger partial charge in [-0.25, -0.2) is 0 Å². The van der Waals surface area contributed by atoms with Crippen LogP contribution in [0.15, 0.2) is 0 Å². The Labute approximate surface area is 188 Å². The molecule has 0 bridgehead atoms. The van der Waals surface area contributed by atoms with Gasteiger partial charge in [-0.3, -0.25) is 0 Å². The second-order valence-electron chi connectivity index (χ2n) is 10.6. The second kappa shape index (κ2) is 9.62. The zero-order chi connectivity index (χ0) is 21.3. The molecule has 0 N–H and O–H groups in total. The predicted molar refractivity (Wildman–Crippen MR) is 117 cm³/mol. The van der Waals surface area contributed by atoms with Crippen molar-refractivity contribution in [2.24, 2.45) is 21.7 Å². The summed E-state index contributed by atoms with van der Waals surface area (Å²) in [5.41, 5.74) is 0.552. The van der Waals surface area contributed by atoms with Crippen molar-refractivity contribution >= 4 is 18.6 Å². The van der Waals surface area contributed by atoms with E-state index in [4.69, 9.17) is 18.6 Å². The van der Waals surface area contributed by atoms with Crippen molar-refractivity contribution in [3.05, 3.63) is 62.2 Å². The Morgan fingerprint density at radius 2 is 0.741 bits per heavy atom. The van der Waals surface area contributed by atoms with Gasteiger partial charge in [-0.2, -0.15) is 0 Å².